The van der Waals surface area contributed by atoms with Gasteiger partial charge in [0, 0.05) is 25.4 Å². The summed E-state index contributed by atoms with van der Waals surface area (Å²) < 4.78 is 7.19. The number of hydrogen-bond acceptors (Lipinski definition) is 5. The largest absolute Gasteiger partial charge is 0.379 e. The van der Waals surface area contributed by atoms with Gasteiger partial charge in [0.15, 0.2) is 5.16 Å². The normalized spacial score (nSPS) is 15.2. The van der Waals surface area contributed by atoms with E-state index < -0.39 is 0 Å². The van der Waals surface area contributed by atoms with Crippen LogP contribution in [0.25, 0.3) is 16.6 Å². The number of hydrogen-bond donors (Lipinski definition) is 0. The number of nitrogens with zero attached hydrogens (tertiary/aromatic N) is 3. The smallest absolute Gasteiger partial charge is 0.266 e. The Bertz CT molecular complexity index is 1020. The maximum absolute atomic E-state index is 13.3. The highest BCUT2D eigenvalue weighted by molar-refractivity contribution is 7.99. The monoisotopic (exact) mass is 395 g/mol. The van der Waals surface area contributed by atoms with Crippen molar-refractivity contribution in [2.45, 2.75) is 19.0 Å². The number of rotatable bonds is 5. The van der Waals surface area contributed by atoms with Gasteiger partial charge in [-0.1, -0.05) is 30.0 Å². The minimum atomic E-state index is -0.00975. The summed E-state index contributed by atoms with van der Waals surface area (Å²) >= 11 is 1.65. The zero-order chi connectivity index (χ0) is 19.5. The maximum atomic E-state index is 13.3. The summed E-state index contributed by atoms with van der Waals surface area (Å²) in [6, 6.07) is 13.8. The molecule has 3 aromatic rings. The van der Waals surface area contributed by atoms with Crippen LogP contribution in [-0.4, -0.2) is 53.1 Å². The summed E-state index contributed by atoms with van der Waals surface area (Å²) in [5.74, 6) is 0.885. The van der Waals surface area contributed by atoms with Gasteiger partial charge in [0.1, 0.15) is 0 Å². The van der Waals surface area contributed by atoms with Crippen LogP contribution in [0.1, 0.15) is 11.1 Å². The maximum Gasteiger partial charge on any atom is 0.266 e. The molecule has 146 valence electrons. The molecule has 5 nitrogen and oxygen atoms in total. The summed E-state index contributed by atoms with van der Waals surface area (Å²) in [7, 11) is 0. The molecule has 0 saturated carbocycles. The quantitative estimate of drug-likeness (QED) is 0.489. The predicted octanol–water partition coefficient (Wildman–Crippen LogP) is 3.43. The number of para-hydroxylation sites is 1. The Morgan fingerprint density at radius 2 is 1.79 bits per heavy atom. The Labute approximate surface area is 169 Å². The molecule has 2 heterocycles. The fraction of sp³-hybridized carbons (Fsp3) is 0.364. The molecule has 2 aromatic carbocycles. The first-order valence-corrected chi connectivity index (χ1v) is 10.6. The van der Waals surface area contributed by atoms with Crippen molar-refractivity contribution < 1.29 is 4.74 Å². The fourth-order valence-corrected chi connectivity index (χ4v) is 4.62. The minimum absolute atomic E-state index is 0.00975. The molecule has 4 rings (SSSR count). The third kappa shape index (κ3) is 4.14. The topological polar surface area (TPSA) is 47.4 Å². The van der Waals surface area contributed by atoms with Crippen LogP contribution in [0.4, 0.5) is 0 Å². The Hall–Kier alpha value is -2.15. The zero-order valence-corrected chi connectivity index (χ0v) is 17.2. The van der Waals surface area contributed by atoms with E-state index in [2.05, 4.69) is 36.9 Å². The van der Waals surface area contributed by atoms with Crippen LogP contribution in [-0.2, 0) is 4.74 Å². The average Bonchev–Trinajstić information content (AvgIpc) is 2.68. The molecule has 0 atom stereocenters. The number of benzene rings is 2. The molecule has 1 aliphatic heterocycles. The van der Waals surface area contributed by atoms with Crippen molar-refractivity contribution in [1.29, 1.82) is 0 Å². The van der Waals surface area contributed by atoms with E-state index in [-0.39, 0.29) is 5.56 Å². The lowest BCUT2D eigenvalue weighted by Gasteiger charge is -2.26. The van der Waals surface area contributed by atoms with Crippen molar-refractivity contribution in [2.24, 2.45) is 0 Å². The third-order valence-corrected chi connectivity index (χ3v) is 5.87. The molecule has 0 radical (unpaired) electrons. The number of aromatic nitrogens is 2. The molecule has 1 aromatic heterocycles. The number of aryl methyl sites for hydroxylation is 2. The minimum Gasteiger partial charge on any atom is -0.379 e. The molecular formula is C22H25N3O2S. The lowest BCUT2D eigenvalue weighted by Crippen LogP contribution is -2.37. The van der Waals surface area contributed by atoms with Gasteiger partial charge in [0.25, 0.3) is 5.56 Å². The van der Waals surface area contributed by atoms with E-state index in [4.69, 9.17) is 9.72 Å². The van der Waals surface area contributed by atoms with E-state index in [1.807, 2.05) is 24.3 Å². The van der Waals surface area contributed by atoms with Crippen LogP contribution >= 0.6 is 11.8 Å². The summed E-state index contributed by atoms with van der Waals surface area (Å²) in [6.45, 7) is 8.61. The number of ether oxygens (including phenoxy) is 1. The molecule has 0 N–H and O–H groups in total. The molecule has 0 amide bonds. The van der Waals surface area contributed by atoms with Crippen molar-refractivity contribution in [2.75, 3.05) is 38.6 Å². The summed E-state index contributed by atoms with van der Waals surface area (Å²) in [6.07, 6.45) is 0. The van der Waals surface area contributed by atoms with E-state index in [0.29, 0.717) is 5.39 Å². The Morgan fingerprint density at radius 3 is 2.54 bits per heavy atom. The van der Waals surface area contributed by atoms with Crippen molar-refractivity contribution in [1.82, 2.24) is 14.5 Å². The summed E-state index contributed by atoms with van der Waals surface area (Å²) in [4.78, 5) is 20.6. The Balaban J connectivity index is 1.71. The molecular weight excluding hydrogens is 370 g/mol. The molecule has 1 aliphatic rings. The molecule has 6 heteroatoms. The molecule has 0 bridgehead atoms. The highest BCUT2D eigenvalue weighted by atomic mass is 32.2. The van der Waals surface area contributed by atoms with Crippen LogP contribution < -0.4 is 5.56 Å². The third-order valence-electron chi connectivity index (χ3n) is 4.95. The molecule has 0 aliphatic carbocycles. The van der Waals surface area contributed by atoms with Gasteiger partial charge in [0.2, 0.25) is 0 Å². The molecule has 1 saturated heterocycles. The molecule has 1 fully saturated rings. The second-order valence-corrected chi connectivity index (χ2v) is 8.26. The van der Waals surface area contributed by atoms with Crippen molar-refractivity contribution in [3.8, 4) is 5.69 Å². The van der Waals surface area contributed by atoms with Gasteiger partial charge < -0.3 is 4.74 Å². The van der Waals surface area contributed by atoms with Gasteiger partial charge in [-0.25, -0.2) is 4.98 Å². The van der Waals surface area contributed by atoms with Gasteiger partial charge in [-0.3, -0.25) is 14.3 Å². The SMILES string of the molecule is Cc1cc(C)cc(-n2c(SCCN3CCOCC3)nc3ccccc3c2=O)c1. The summed E-state index contributed by atoms with van der Waals surface area (Å²) in [5.41, 5.74) is 3.90. The van der Waals surface area contributed by atoms with Gasteiger partial charge in [-0.2, -0.15) is 0 Å². The van der Waals surface area contributed by atoms with Gasteiger partial charge >= 0.3 is 0 Å². The second kappa shape index (κ2) is 8.47. The Kier molecular flexibility index (Phi) is 5.80. The van der Waals surface area contributed by atoms with E-state index in [9.17, 15) is 4.79 Å². The van der Waals surface area contributed by atoms with E-state index in [1.165, 1.54) is 0 Å². The fourth-order valence-electron chi connectivity index (χ4n) is 3.61. The van der Waals surface area contributed by atoms with Gasteiger partial charge in [0.05, 0.1) is 29.8 Å². The van der Waals surface area contributed by atoms with Crippen molar-refractivity contribution >= 4 is 22.7 Å². The first kappa shape index (κ1) is 19.2. The Morgan fingerprint density at radius 1 is 1.07 bits per heavy atom. The highest BCUT2D eigenvalue weighted by Crippen LogP contribution is 2.23. The molecule has 0 unspecified atom stereocenters. The number of morpholine rings is 1. The highest BCUT2D eigenvalue weighted by Gasteiger charge is 2.15. The van der Waals surface area contributed by atoms with Crippen molar-refractivity contribution in [3.05, 3.63) is 63.9 Å². The number of fused-ring (bicyclic) bond motifs is 1. The molecule has 28 heavy (non-hydrogen) atoms. The van der Waals surface area contributed by atoms with E-state index in [0.717, 1.165) is 66.1 Å². The van der Waals surface area contributed by atoms with Crippen molar-refractivity contribution in [3.63, 3.8) is 0 Å². The van der Waals surface area contributed by atoms with Crippen LogP contribution in [0.2, 0.25) is 0 Å². The summed E-state index contributed by atoms with van der Waals surface area (Å²) in [5, 5.41) is 1.40. The van der Waals surface area contributed by atoms with Gasteiger partial charge in [-0.15, -0.1) is 0 Å². The van der Waals surface area contributed by atoms with Crippen LogP contribution in [0, 0.1) is 13.8 Å². The first-order chi connectivity index (χ1) is 13.6. The van der Waals surface area contributed by atoms with E-state index >= 15 is 0 Å². The number of thioether (sulfide) groups is 1. The van der Waals surface area contributed by atoms with Crippen LogP contribution in [0.15, 0.2) is 52.4 Å². The van der Waals surface area contributed by atoms with Crippen LogP contribution in [0.3, 0.4) is 0 Å². The molecule has 0 spiro atoms. The standard InChI is InChI=1S/C22H25N3O2S/c1-16-13-17(2)15-18(14-16)25-21(26)19-5-3-4-6-20(19)23-22(25)28-12-9-24-7-10-27-11-8-24/h3-6,13-15H,7-12H2,1-2H3. The van der Waals surface area contributed by atoms with Gasteiger partial charge in [-0.05, 0) is 49.2 Å². The van der Waals surface area contributed by atoms with E-state index in [1.54, 1.807) is 16.3 Å². The zero-order valence-electron chi connectivity index (χ0n) is 16.4. The lowest BCUT2D eigenvalue weighted by molar-refractivity contribution is 0.0410. The lowest BCUT2D eigenvalue weighted by atomic mass is 10.1. The second-order valence-electron chi connectivity index (χ2n) is 7.20. The predicted molar refractivity (Wildman–Crippen MR) is 115 cm³/mol. The van der Waals surface area contributed by atoms with Crippen LogP contribution in [0.5, 0.6) is 0 Å². The first-order valence-electron chi connectivity index (χ1n) is 9.65. The average molecular weight is 396 g/mol.